The Morgan fingerprint density at radius 1 is 1.07 bits per heavy atom. The molecule has 1 amide bonds. The largest absolute Gasteiger partial charge is 0.497 e. The number of aromatic amines is 1. The molecule has 4 aromatic rings. The van der Waals surface area contributed by atoms with E-state index in [1.54, 1.807) is 20.3 Å². The number of aromatic nitrogens is 2. The number of carbonyl (C=O) groups excluding carboxylic acids is 1. The first-order valence-corrected chi connectivity index (χ1v) is 9.63. The average Bonchev–Trinajstić information content (AvgIpc) is 3.38. The smallest absolute Gasteiger partial charge is 0.289 e. The molecule has 2 aromatic carbocycles. The van der Waals surface area contributed by atoms with Gasteiger partial charge in [0.25, 0.3) is 5.91 Å². The van der Waals surface area contributed by atoms with Crippen molar-refractivity contribution in [2.45, 2.75) is 13.3 Å². The zero-order chi connectivity index (χ0) is 21.1. The summed E-state index contributed by atoms with van der Waals surface area (Å²) < 4.78 is 15.7. The summed E-state index contributed by atoms with van der Waals surface area (Å²) in [5.41, 5.74) is 4.73. The summed E-state index contributed by atoms with van der Waals surface area (Å²) in [6.45, 7) is 2.50. The molecule has 2 aromatic heterocycles. The van der Waals surface area contributed by atoms with Gasteiger partial charge in [-0.3, -0.25) is 4.79 Å². The Morgan fingerprint density at radius 3 is 2.53 bits per heavy atom. The Kier molecular flexibility index (Phi) is 5.43. The van der Waals surface area contributed by atoms with Gasteiger partial charge < -0.3 is 24.3 Å². The summed E-state index contributed by atoms with van der Waals surface area (Å²) in [5, 5.41) is 8.00. The summed E-state index contributed by atoms with van der Waals surface area (Å²) in [6, 6.07) is 15.0. The van der Waals surface area contributed by atoms with Gasteiger partial charge in [0.15, 0.2) is 0 Å². The summed E-state index contributed by atoms with van der Waals surface area (Å²) >= 11 is 0. The van der Waals surface area contributed by atoms with Crippen LogP contribution in [0.25, 0.3) is 22.2 Å². The van der Waals surface area contributed by atoms with Crippen LogP contribution in [-0.4, -0.2) is 36.8 Å². The van der Waals surface area contributed by atoms with Crippen molar-refractivity contribution in [2.75, 3.05) is 20.8 Å². The van der Waals surface area contributed by atoms with Crippen molar-refractivity contribution in [1.29, 1.82) is 0 Å². The quantitative estimate of drug-likeness (QED) is 0.483. The van der Waals surface area contributed by atoms with Crippen LogP contribution in [0.1, 0.15) is 21.8 Å². The summed E-state index contributed by atoms with van der Waals surface area (Å²) in [4.78, 5) is 15.8. The second-order valence-corrected chi connectivity index (χ2v) is 6.95. The van der Waals surface area contributed by atoms with Crippen molar-refractivity contribution in [3.05, 3.63) is 65.5 Å². The van der Waals surface area contributed by atoms with Crippen molar-refractivity contribution in [3.8, 4) is 22.8 Å². The van der Waals surface area contributed by atoms with Gasteiger partial charge in [0.1, 0.15) is 17.2 Å². The first-order chi connectivity index (χ1) is 14.6. The Morgan fingerprint density at radius 2 is 1.80 bits per heavy atom. The van der Waals surface area contributed by atoms with Crippen molar-refractivity contribution < 1.29 is 18.8 Å². The molecule has 0 atom stereocenters. The molecular weight excluding hydrogens is 382 g/mol. The van der Waals surface area contributed by atoms with Gasteiger partial charge >= 0.3 is 0 Å². The van der Waals surface area contributed by atoms with Crippen LogP contribution in [0.2, 0.25) is 0 Å². The van der Waals surface area contributed by atoms with Gasteiger partial charge in [-0.1, -0.05) is 5.16 Å². The minimum absolute atomic E-state index is 0.179. The molecule has 7 nitrogen and oxygen atoms in total. The molecule has 0 radical (unpaired) electrons. The minimum Gasteiger partial charge on any atom is -0.497 e. The fraction of sp³-hybridized carbons (Fsp3) is 0.217. The third kappa shape index (κ3) is 3.87. The minimum atomic E-state index is -0.294. The number of fused-ring (bicyclic) bond motifs is 1. The van der Waals surface area contributed by atoms with Gasteiger partial charge in [-0.2, -0.15) is 0 Å². The Balaban J connectivity index is 1.41. The molecule has 0 aliphatic carbocycles. The molecule has 0 spiro atoms. The van der Waals surface area contributed by atoms with E-state index in [1.165, 1.54) is 0 Å². The van der Waals surface area contributed by atoms with E-state index in [2.05, 4.69) is 15.5 Å². The normalized spacial score (nSPS) is 10.9. The number of benzene rings is 2. The number of hydrogen-bond donors (Lipinski definition) is 2. The number of amides is 1. The number of rotatable bonds is 7. The van der Waals surface area contributed by atoms with Crippen LogP contribution in [0.15, 0.2) is 53.1 Å². The lowest BCUT2D eigenvalue weighted by Crippen LogP contribution is -2.25. The highest BCUT2D eigenvalue weighted by Gasteiger charge is 2.15. The van der Waals surface area contributed by atoms with E-state index < -0.39 is 0 Å². The molecule has 4 rings (SSSR count). The second-order valence-electron chi connectivity index (χ2n) is 6.95. The van der Waals surface area contributed by atoms with Crippen LogP contribution in [0.5, 0.6) is 11.5 Å². The van der Waals surface area contributed by atoms with Gasteiger partial charge in [-0.25, -0.2) is 0 Å². The molecule has 0 bridgehead atoms. The SMILES string of the molecule is COc1ccc(-c2cc(C(=O)NCCc3c(C)[nH]c4ccc(OC)cc34)on2)cc1. The Labute approximate surface area is 174 Å². The van der Waals surface area contributed by atoms with Crippen molar-refractivity contribution >= 4 is 16.8 Å². The predicted octanol–water partition coefficient (Wildman–Crippen LogP) is 4.12. The highest BCUT2D eigenvalue weighted by Crippen LogP contribution is 2.27. The molecule has 154 valence electrons. The van der Waals surface area contributed by atoms with E-state index in [9.17, 15) is 4.79 Å². The molecule has 0 fully saturated rings. The van der Waals surface area contributed by atoms with Crippen LogP contribution in [0, 0.1) is 6.92 Å². The molecule has 7 heteroatoms. The lowest BCUT2D eigenvalue weighted by Gasteiger charge is -2.05. The maximum absolute atomic E-state index is 12.5. The number of aryl methyl sites for hydroxylation is 1. The predicted molar refractivity (Wildman–Crippen MR) is 114 cm³/mol. The van der Waals surface area contributed by atoms with Crippen LogP contribution in [0.4, 0.5) is 0 Å². The number of methoxy groups -OCH3 is 2. The molecule has 2 N–H and O–H groups in total. The molecule has 30 heavy (non-hydrogen) atoms. The summed E-state index contributed by atoms with van der Waals surface area (Å²) in [7, 11) is 3.26. The topological polar surface area (TPSA) is 89.4 Å². The lowest BCUT2D eigenvalue weighted by molar-refractivity contribution is 0.0917. The molecule has 2 heterocycles. The van der Waals surface area contributed by atoms with E-state index in [4.69, 9.17) is 14.0 Å². The number of nitrogens with zero attached hydrogens (tertiary/aromatic N) is 1. The molecule has 0 saturated heterocycles. The zero-order valence-electron chi connectivity index (χ0n) is 17.1. The zero-order valence-corrected chi connectivity index (χ0v) is 17.1. The van der Waals surface area contributed by atoms with Gasteiger partial charge in [-0.05, 0) is 61.4 Å². The highest BCUT2D eigenvalue weighted by molar-refractivity contribution is 5.92. The number of hydrogen-bond acceptors (Lipinski definition) is 5. The first-order valence-electron chi connectivity index (χ1n) is 9.63. The maximum atomic E-state index is 12.5. The van der Waals surface area contributed by atoms with Gasteiger partial charge in [-0.15, -0.1) is 0 Å². The monoisotopic (exact) mass is 405 g/mol. The van der Waals surface area contributed by atoms with E-state index in [0.717, 1.165) is 39.2 Å². The van der Waals surface area contributed by atoms with Crippen molar-refractivity contribution in [3.63, 3.8) is 0 Å². The van der Waals surface area contributed by atoms with E-state index in [-0.39, 0.29) is 11.7 Å². The van der Waals surface area contributed by atoms with Crippen molar-refractivity contribution in [1.82, 2.24) is 15.5 Å². The van der Waals surface area contributed by atoms with Crippen LogP contribution in [0.3, 0.4) is 0 Å². The molecule has 0 aliphatic heterocycles. The van der Waals surface area contributed by atoms with Crippen LogP contribution >= 0.6 is 0 Å². The van der Waals surface area contributed by atoms with E-state index in [0.29, 0.717) is 18.7 Å². The van der Waals surface area contributed by atoms with Crippen LogP contribution < -0.4 is 14.8 Å². The van der Waals surface area contributed by atoms with Gasteiger partial charge in [0.05, 0.1) is 14.2 Å². The van der Waals surface area contributed by atoms with Gasteiger partial charge in [0.2, 0.25) is 5.76 Å². The highest BCUT2D eigenvalue weighted by atomic mass is 16.5. The third-order valence-electron chi connectivity index (χ3n) is 5.11. The number of nitrogens with one attached hydrogen (secondary N) is 2. The van der Waals surface area contributed by atoms with Crippen molar-refractivity contribution in [2.24, 2.45) is 0 Å². The fourth-order valence-electron chi connectivity index (χ4n) is 3.48. The summed E-state index contributed by atoms with van der Waals surface area (Å²) in [5.74, 6) is 1.44. The molecule has 0 unspecified atom stereocenters. The van der Waals surface area contributed by atoms with E-state index >= 15 is 0 Å². The van der Waals surface area contributed by atoms with Crippen LogP contribution in [-0.2, 0) is 6.42 Å². The molecular formula is C23H23N3O4. The second kappa shape index (κ2) is 8.32. The number of H-pyrrole nitrogens is 1. The van der Waals surface area contributed by atoms with Gasteiger partial charge in [0, 0.05) is 34.8 Å². The molecule has 0 saturated carbocycles. The average molecular weight is 405 g/mol. The lowest BCUT2D eigenvalue weighted by atomic mass is 10.1. The Hall–Kier alpha value is -3.74. The Bertz CT molecular complexity index is 1180. The fourth-order valence-corrected chi connectivity index (χ4v) is 3.48. The molecule has 0 aliphatic rings. The number of ether oxygens (including phenoxy) is 2. The standard InChI is InChI=1S/C23H23N3O4/c1-14-18(19-12-17(29-3)8-9-20(19)25-14)10-11-24-23(27)22-13-21(26-30-22)15-4-6-16(28-2)7-5-15/h4-9,12-13,25H,10-11H2,1-3H3,(H,24,27). The third-order valence-corrected chi connectivity index (χ3v) is 5.11. The van der Waals surface area contributed by atoms with E-state index in [1.807, 2.05) is 49.4 Å². The summed E-state index contributed by atoms with van der Waals surface area (Å²) in [6.07, 6.45) is 0.685. The first kappa shape index (κ1) is 19.6. The number of carbonyl (C=O) groups is 1. The maximum Gasteiger partial charge on any atom is 0.289 e.